The van der Waals surface area contributed by atoms with Gasteiger partial charge in [-0.15, -0.1) is 12.8 Å². The molecule has 0 aliphatic heterocycles. The van der Waals surface area contributed by atoms with Crippen LogP contribution in [0.5, 0.6) is 0 Å². The van der Waals surface area contributed by atoms with Crippen molar-refractivity contribution >= 4 is 0 Å². The van der Waals surface area contributed by atoms with Gasteiger partial charge in [-0.25, -0.2) is 0 Å². The van der Waals surface area contributed by atoms with Crippen molar-refractivity contribution in [2.75, 3.05) is 0 Å². The number of rotatable bonds is 30. The fraction of sp³-hybridized carbons (Fsp3) is 0.609. The molecule has 0 fully saturated rings. The molecule has 0 bridgehead atoms. The van der Waals surface area contributed by atoms with Gasteiger partial charge >= 0.3 is 0 Å². The van der Waals surface area contributed by atoms with Gasteiger partial charge in [0.05, 0.1) is 0 Å². The number of unbranched alkanes of at least 4 members (excludes halogenated alkanes) is 21. The van der Waals surface area contributed by atoms with Crippen LogP contribution in [0.3, 0.4) is 0 Å². The highest BCUT2D eigenvalue weighted by atomic mass is 16.3. The molecular formula is C46H68O3. The Bertz CT molecular complexity index is 1100. The van der Waals surface area contributed by atoms with Gasteiger partial charge in [-0.3, -0.25) is 0 Å². The van der Waals surface area contributed by atoms with Gasteiger partial charge in [0.2, 0.25) is 0 Å². The SMILES string of the molecule is C#C[C@@H](O)/C=C/CCCCCC/C=C\CCCCC#C[C@@H](O)C#C/C=C/CC/C=C\CCCCCCCCCCCCC/C=C/[C@H](O)C#C. The van der Waals surface area contributed by atoms with Crippen molar-refractivity contribution in [1.29, 1.82) is 0 Å². The lowest BCUT2D eigenvalue weighted by Gasteiger charge is -2.02. The highest BCUT2D eigenvalue weighted by Gasteiger charge is 1.95. The number of aliphatic hydroxyl groups is 3. The molecule has 0 saturated carbocycles. The average molecular weight is 669 g/mol. The molecule has 0 aromatic heterocycles. The molecule has 0 radical (unpaired) electrons. The smallest absolute Gasteiger partial charge is 0.176 e. The van der Waals surface area contributed by atoms with Crippen molar-refractivity contribution in [2.24, 2.45) is 0 Å². The van der Waals surface area contributed by atoms with E-state index in [-0.39, 0.29) is 0 Å². The van der Waals surface area contributed by atoms with Crippen LogP contribution in [-0.4, -0.2) is 33.6 Å². The number of hydrogen-bond acceptors (Lipinski definition) is 3. The van der Waals surface area contributed by atoms with Crippen LogP contribution in [0.2, 0.25) is 0 Å². The zero-order chi connectivity index (χ0) is 35.7. The van der Waals surface area contributed by atoms with Crippen molar-refractivity contribution in [1.82, 2.24) is 0 Å². The first-order valence-corrected chi connectivity index (χ1v) is 19.3. The van der Waals surface area contributed by atoms with E-state index in [4.69, 9.17) is 12.8 Å². The predicted octanol–water partition coefficient (Wildman–Crippen LogP) is 10.9. The van der Waals surface area contributed by atoms with Gasteiger partial charge in [0.15, 0.2) is 6.10 Å². The van der Waals surface area contributed by atoms with Gasteiger partial charge < -0.3 is 15.3 Å². The Morgan fingerprint density at radius 2 is 0.776 bits per heavy atom. The normalized spacial score (nSPS) is 13.4. The van der Waals surface area contributed by atoms with Gasteiger partial charge in [-0.05, 0) is 102 Å². The summed E-state index contributed by atoms with van der Waals surface area (Å²) in [6, 6.07) is 0. The van der Waals surface area contributed by atoms with Crippen LogP contribution in [-0.2, 0) is 0 Å². The molecular weight excluding hydrogens is 601 g/mol. The fourth-order valence-electron chi connectivity index (χ4n) is 5.17. The van der Waals surface area contributed by atoms with Crippen molar-refractivity contribution in [3.63, 3.8) is 0 Å². The first kappa shape index (κ1) is 45.8. The van der Waals surface area contributed by atoms with Crippen LogP contribution in [0.25, 0.3) is 0 Å². The lowest BCUT2D eigenvalue weighted by molar-refractivity contribution is 0.280. The third-order valence-corrected chi connectivity index (χ3v) is 8.13. The second-order valence-electron chi connectivity index (χ2n) is 12.7. The van der Waals surface area contributed by atoms with Crippen molar-refractivity contribution in [3.05, 3.63) is 60.8 Å². The van der Waals surface area contributed by atoms with E-state index in [2.05, 4.69) is 65.9 Å². The lowest BCUT2D eigenvalue weighted by Crippen LogP contribution is -1.97. The molecule has 0 aliphatic rings. The summed E-state index contributed by atoms with van der Waals surface area (Å²) in [5, 5.41) is 28.4. The molecule has 0 aromatic carbocycles. The van der Waals surface area contributed by atoms with E-state index in [9.17, 15) is 15.3 Å². The van der Waals surface area contributed by atoms with Crippen LogP contribution >= 0.6 is 0 Å². The lowest BCUT2D eigenvalue weighted by atomic mass is 10.0. The molecule has 3 nitrogen and oxygen atoms in total. The standard InChI is InChI=1S/C46H68O3/c1-3-44(47)40-36-32-28-24-20-16-12-10-8-6-5-7-9-11-13-18-22-26-30-34-38-42-46(49)43-39-35-31-27-23-19-15-14-17-21-25-29-33-37-41-45(48)4-2/h1-2,13,15,18-19,30,34,36-37,40-41,44-49H,5-12,14,16-17,20-29,31-33,35H2/b18-13-,19-15-,34-30+,40-36+,41-37+/t44-,45-,46+/m1/s1. The summed E-state index contributed by atoms with van der Waals surface area (Å²) in [6.07, 6.45) is 57.9. The molecule has 0 aliphatic carbocycles. The van der Waals surface area contributed by atoms with Gasteiger partial charge in [0.25, 0.3) is 0 Å². The Labute approximate surface area is 302 Å². The summed E-state index contributed by atoms with van der Waals surface area (Å²) in [7, 11) is 0. The molecule has 0 unspecified atom stereocenters. The third-order valence-electron chi connectivity index (χ3n) is 8.13. The summed E-state index contributed by atoms with van der Waals surface area (Å²) in [6.45, 7) is 0. The summed E-state index contributed by atoms with van der Waals surface area (Å²) in [5.74, 6) is 16.2. The van der Waals surface area contributed by atoms with Crippen LogP contribution in [0, 0.1) is 48.4 Å². The van der Waals surface area contributed by atoms with Crippen LogP contribution in [0.4, 0.5) is 0 Å². The van der Waals surface area contributed by atoms with Crippen molar-refractivity contribution in [3.8, 4) is 48.4 Å². The maximum Gasteiger partial charge on any atom is 0.176 e. The molecule has 0 heterocycles. The molecule has 3 heteroatoms. The quantitative estimate of drug-likeness (QED) is 0.0406. The van der Waals surface area contributed by atoms with Crippen molar-refractivity contribution in [2.45, 2.75) is 179 Å². The molecule has 0 rings (SSSR count). The molecule has 3 atom stereocenters. The number of aliphatic hydroxyl groups excluding tert-OH is 3. The van der Waals surface area contributed by atoms with Crippen LogP contribution in [0.15, 0.2) is 60.8 Å². The zero-order valence-corrected chi connectivity index (χ0v) is 30.7. The van der Waals surface area contributed by atoms with Gasteiger partial charge in [-0.1, -0.05) is 149 Å². The number of allylic oxidation sites excluding steroid dienone is 8. The monoisotopic (exact) mass is 669 g/mol. The fourth-order valence-corrected chi connectivity index (χ4v) is 5.17. The highest BCUT2D eigenvalue weighted by molar-refractivity contribution is 5.24. The Balaban J connectivity index is 3.52. The Hall–Kier alpha value is -3.18. The summed E-state index contributed by atoms with van der Waals surface area (Å²) < 4.78 is 0. The first-order chi connectivity index (χ1) is 24.1. The first-order valence-electron chi connectivity index (χ1n) is 19.3. The second-order valence-corrected chi connectivity index (χ2v) is 12.7. The van der Waals surface area contributed by atoms with Crippen LogP contribution in [0.1, 0.15) is 161 Å². The van der Waals surface area contributed by atoms with E-state index >= 15 is 0 Å². The Morgan fingerprint density at radius 1 is 0.408 bits per heavy atom. The highest BCUT2D eigenvalue weighted by Crippen LogP contribution is 2.13. The van der Waals surface area contributed by atoms with Crippen molar-refractivity contribution < 1.29 is 15.3 Å². The maximum atomic E-state index is 9.93. The zero-order valence-electron chi connectivity index (χ0n) is 30.7. The van der Waals surface area contributed by atoms with E-state index in [1.807, 2.05) is 18.2 Å². The third kappa shape index (κ3) is 39.1. The van der Waals surface area contributed by atoms with E-state index in [0.29, 0.717) is 0 Å². The van der Waals surface area contributed by atoms with Gasteiger partial charge in [0, 0.05) is 6.42 Å². The molecule has 0 aromatic rings. The molecule has 0 saturated heterocycles. The van der Waals surface area contributed by atoms with Gasteiger partial charge in [0.1, 0.15) is 12.2 Å². The largest absolute Gasteiger partial charge is 0.377 e. The topological polar surface area (TPSA) is 60.7 Å². The summed E-state index contributed by atoms with van der Waals surface area (Å²) in [5.41, 5.74) is 0. The minimum absolute atomic E-state index is 0.730. The van der Waals surface area contributed by atoms with E-state index in [0.717, 1.165) is 64.2 Å². The van der Waals surface area contributed by atoms with Crippen LogP contribution < -0.4 is 0 Å². The molecule has 0 amide bonds. The second kappa shape index (κ2) is 39.3. The number of hydrogen-bond donors (Lipinski definition) is 3. The summed E-state index contributed by atoms with van der Waals surface area (Å²) in [4.78, 5) is 0. The minimum atomic E-state index is -0.874. The molecule has 270 valence electrons. The Kier molecular flexibility index (Phi) is 36.7. The molecule has 3 N–H and O–H groups in total. The van der Waals surface area contributed by atoms with Gasteiger partial charge in [-0.2, -0.15) is 0 Å². The number of terminal acetylenes is 2. The minimum Gasteiger partial charge on any atom is -0.377 e. The average Bonchev–Trinajstić information content (AvgIpc) is 3.11. The Morgan fingerprint density at radius 3 is 1.22 bits per heavy atom. The van der Waals surface area contributed by atoms with E-state index in [1.54, 1.807) is 12.2 Å². The summed E-state index contributed by atoms with van der Waals surface area (Å²) >= 11 is 0. The predicted molar refractivity (Wildman–Crippen MR) is 212 cm³/mol. The van der Waals surface area contributed by atoms with E-state index in [1.165, 1.54) is 96.3 Å². The molecule has 49 heavy (non-hydrogen) atoms. The van der Waals surface area contributed by atoms with E-state index < -0.39 is 18.3 Å². The molecule has 0 spiro atoms. The maximum absolute atomic E-state index is 9.93.